The third-order valence-corrected chi connectivity index (χ3v) is 3.46. The predicted octanol–water partition coefficient (Wildman–Crippen LogP) is 2.21. The number of aryl methyl sites for hydroxylation is 1. The second-order valence-electron chi connectivity index (χ2n) is 5.32. The van der Waals surface area contributed by atoms with Gasteiger partial charge in [0, 0.05) is 24.8 Å². The topological polar surface area (TPSA) is 70.6 Å². The molecule has 0 fully saturated rings. The highest BCUT2D eigenvalue weighted by atomic mass is 16.5. The molecule has 118 valence electrons. The fraction of sp³-hybridized carbons (Fsp3) is 0.562. The number of amides is 2. The van der Waals surface area contributed by atoms with Crippen LogP contribution in [0.2, 0.25) is 0 Å². The largest absolute Gasteiger partial charge is 0.494 e. The van der Waals surface area contributed by atoms with E-state index in [-0.39, 0.29) is 24.6 Å². The van der Waals surface area contributed by atoms with Crippen molar-refractivity contribution < 1.29 is 14.6 Å². The van der Waals surface area contributed by atoms with E-state index >= 15 is 0 Å². The van der Waals surface area contributed by atoms with Crippen LogP contribution in [0.5, 0.6) is 5.75 Å². The van der Waals surface area contributed by atoms with E-state index in [1.807, 2.05) is 45.9 Å². The standard InChI is InChI=1S/C16H26N2O3/c1-5-21-15-8-11(2)6-7-14(15)9-17-16(20)18-13(4)12(3)10-19/h6-8,12-13,19H,5,9-10H2,1-4H3,(H2,17,18,20). The molecule has 1 rings (SSSR count). The molecule has 1 aromatic carbocycles. The first-order valence-electron chi connectivity index (χ1n) is 7.35. The Kier molecular flexibility index (Phi) is 7.02. The monoisotopic (exact) mass is 294 g/mol. The smallest absolute Gasteiger partial charge is 0.315 e. The van der Waals surface area contributed by atoms with Gasteiger partial charge in [0.05, 0.1) is 6.61 Å². The molecule has 0 aliphatic heterocycles. The lowest BCUT2D eigenvalue weighted by atomic mass is 10.1. The molecule has 0 spiro atoms. The van der Waals surface area contributed by atoms with E-state index in [2.05, 4.69) is 10.6 Å². The summed E-state index contributed by atoms with van der Waals surface area (Å²) in [6.07, 6.45) is 0. The lowest BCUT2D eigenvalue weighted by molar-refractivity contribution is 0.200. The number of nitrogens with one attached hydrogen (secondary N) is 2. The van der Waals surface area contributed by atoms with Crippen LogP contribution in [0.4, 0.5) is 4.79 Å². The summed E-state index contributed by atoms with van der Waals surface area (Å²) in [7, 11) is 0. The number of rotatable bonds is 7. The summed E-state index contributed by atoms with van der Waals surface area (Å²) in [5.74, 6) is 0.823. The van der Waals surface area contributed by atoms with Crippen LogP contribution in [0.3, 0.4) is 0 Å². The number of benzene rings is 1. The summed E-state index contributed by atoms with van der Waals surface area (Å²) in [4.78, 5) is 11.8. The Morgan fingerprint density at radius 2 is 2.10 bits per heavy atom. The Morgan fingerprint density at radius 3 is 2.71 bits per heavy atom. The van der Waals surface area contributed by atoms with Crippen molar-refractivity contribution in [1.29, 1.82) is 0 Å². The van der Waals surface area contributed by atoms with Gasteiger partial charge >= 0.3 is 6.03 Å². The molecule has 21 heavy (non-hydrogen) atoms. The summed E-state index contributed by atoms with van der Waals surface area (Å²) in [5.41, 5.74) is 2.07. The fourth-order valence-electron chi connectivity index (χ4n) is 1.83. The van der Waals surface area contributed by atoms with Crippen LogP contribution >= 0.6 is 0 Å². The molecule has 2 atom stereocenters. The molecule has 0 aliphatic rings. The Bertz CT molecular complexity index is 463. The second kappa shape index (κ2) is 8.52. The third kappa shape index (κ3) is 5.63. The number of aliphatic hydroxyl groups excluding tert-OH is 1. The van der Waals surface area contributed by atoms with Crippen molar-refractivity contribution in [1.82, 2.24) is 10.6 Å². The highest BCUT2D eigenvalue weighted by Crippen LogP contribution is 2.20. The van der Waals surface area contributed by atoms with Crippen LogP contribution in [0, 0.1) is 12.8 Å². The molecular formula is C16H26N2O3. The van der Waals surface area contributed by atoms with Crippen molar-refractivity contribution in [2.75, 3.05) is 13.2 Å². The number of urea groups is 1. The average Bonchev–Trinajstić information content (AvgIpc) is 2.45. The quantitative estimate of drug-likeness (QED) is 0.722. The molecule has 0 aliphatic carbocycles. The molecule has 0 aromatic heterocycles. The maximum absolute atomic E-state index is 11.8. The highest BCUT2D eigenvalue weighted by Gasteiger charge is 2.14. The minimum absolute atomic E-state index is 0.0223. The van der Waals surface area contributed by atoms with Crippen LogP contribution in [-0.4, -0.2) is 30.4 Å². The van der Waals surface area contributed by atoms with Crippen LogP contribution in [0.25, 0.3) is 0 Å². The van der Waals surface area contributed by atoms with Gasteiger partial charge in [0.15, 0.2) is 0 Å². The lowest BCUT2D eigenvalue weighted by Gasteiger charge is -2.20. The normalized spacial score (nSPS) is 13.4. The van der Waals surface area contributed by atoms with E-state index in [1.54, 1.807) is 0 Å². The number of ether oxygens (including phenoxy) is 1. The van der Waals surface area contributed by atoms with Crippen molar-refractivity contribution in [3.63, 3.8) is 0 Å². The summed E-state index contributed by atoms with van der Waals surface area (Å²) >= 11 is 0. The van der Waals surface area contributed by atoms with Gasteiger partial charge in [-0.15, -0.1) is 0 Å². The second-order valence-corrected chi connectivity index (χ2v) is 5.32. The molecule has 5 nitrogen and oxygen atoms in total. The Balaban J connectivity index is 2.56. The van der Waals surface area contributed by atoms with Gasteiger partial charge < -0.3 is 20.5 Å². The SMILES string of the molecule is CCOc1cc(C)ccc1CNC(=O)NC(C)C(C)CO. The van der Waals surface area contributed by atoms with Gasteiger partial charge in [-0.25, -0.2) is 4.79 Å². The van der Waals surface area contributed by atoms with Crippen molar-refractivity contribution in [3.8, 4) is 5.75 Å². The van der Waals surface area contributed by atoms with E-state index in [9.17, 15) is 4.79 Å². The maximum atomic E-state index is 11.8. The van der Waals surface area contributed by atoms with Crippen molar-refractivity contribution in [3.05, 3.63) is 29.3 Å². The van der Waals surface area contributed by atoms with Crippen LogP contribution in [-0.2, 0) is 6.54 Å². The van der Waals surface area contributed by atoms with Gasteiger partial charge in [0.25, 0.3) is 0 Å². The summed E-state index contributed by atoms with van der Waals surface area (Å²) in [5, 5.41) is 14.7. The zero-order valence-corrected chi connectivity index (χ0v) is 13.3. The zero-order valence-electron chi connectivity index (χ0n) is 13.3. The molecule has 2 unspecified atom stereocenters. The number of carbonyl (C=O) groups is 1. The molecule has 3 N–H and O–H groups in total. The minimum Gasteiger partial charge on any atom is -0.494 e. The summed E-state index contributed by atoms with van der Waals surface area (Å²) in [6.45, 7) is 8.74. The first kappa shape index (κ1) is 17.3. The molecular weight excluding hydrogens is 268 g/mol. The van der Waals surface area contributed by atoms with Crippen LogP contribution in [0.1, 0.15) is 31.9 Å². The molecule has 0 heterocycles. The first-order valence-corrected chi connectivity index (χ1v) is 7.35. The summed E-state index contributed by atoms with van der Waals surface area (Å²) in [6, 6.07) is 5.59. The Hall–Kier alpha value is -1.75. The van der Waals surface area contributed by atoms with E-state index < -0.39 is 0 Å². The predicted molar refractivity (Wildman–Crippen MR) is 83.4 cm³/mol. The van der Waals surface area contributed by atoms with Gasteiger partial charge in [-0.3, -0.25) is 0 Å². The highest BCUT2D eigenvalue weighted by molar-refractivity contribution is 5.74. The van der Waals surface area contributed by atoms with E-state index in [1.165, 1.54) is 0 Å². The van der Waals surface area contributed by atoms with Gasteiger partial charge in [-0.05, 0) is 38.3 Å². The van der Waals surface area contributed by atoms with E-state index in [0.29, 0.717) is 13.2 Å². The van der Waals surface area contributed by atoms with Crippen LogP contribution < -0.4 is 15.4 Å². The maximum Gasteiger partial charge on any atom is 0.315 e. The van der Waals surface area contributed by atoms with E-state index in [4.69, 9.17) is 9.84 Å². The van der Waals surface area contributed by atoms with Crippen molar-refractivity contribution in [2.45, 2.75) is 40.3 Å². The first-order chi connectivity index (χ1) is 9.97. The van der Waals surface area contributed by atoms with Crippen LogP contribution in [0.15, 0.2) is 18.2 Å². The van der Waals surface area contributed by atoms with Crippen molar-refractivity contribution >= 4 is 6.03 Å². The summed E-state index contributed by atoms with van der Waals surface area (Å²) < 4.78 is 5.58. The van der Waals surface area contributed by atoms with Gasteiger partial charge in [-0.1, -0.05) is 19.1 Å². The third-order valence-electron chi connectivity index (χ3n) is 3.46. The number of hydrogen-bond donors (Lipinski definition) is 3. The molecule has 0 saturated carbocycles. The number of carbonyl (C=O) groups excluding carboxylic acids is 1. The lowest BCUT2D eigenvalue weighted by Crippen LogP contribution is -2.44. The van der Waals surface area contributed by atoms with Gasteiger partial charge in [-0.2, -0.15) is 0 Å². The van der Waals surface area contributed by atoms with Gasteiger partial charge in [0.1, 0.15) is 5.75 Å². The Morgan fingerprint density at radius 1 is 1.38 bits per heavy atom. The molecule has 1 aromatic rings. The molecule has 5 heteroatoms. The minimum atomic E-state index is -0.245. The number of aliphatic hydroxyl groups is 1. The van der Waals surface area contributed by atoms with Gasteiger partial charge in [0.2, 0.25) is 0 Å². The van der Waals surface area contributed by atoms with Crippen molar-refractivity contribution in [2.24, 2.45) is 5.92 Å². The zero-order chi connectivity index (χ0) is 15.8. The fourth-order valence-corrected chi connectivity index (χ4v) is 1.83. The molecule has 2 amide bonds. The molecule has 0 saturated heterocycles. The Labute approximate surface area is 126 Å². The number of hydrogen-bond acceptors (Lipinski definition) is 3. The molecule has 0 bridgehead atoms. The van der Waals surface area contributed by atoms with E-state index in [0.717, 1.165) is 16.9 Å². The average molecular weight is 294 g/mol. The molecule has 0 radical (unpaired) electrons.